The maximum atomic E-state index is 11.5. The van der Waals surface area contributed by atoms with Gasteiger partial charge in [0.05, 0.1) is 0 Å². The van der Waals surface area contributed by atoms with E-state index in [1.54, 1.807) is 0 Å². The van der Waals surface area contributed by atoms with Gasteiger partial charge >= 0.3 is 0 Å². The monoisotopic (exact) mass is 206 g/mol. The first-order chi connectivity index (χ1) is 7.14. The second-order valence-electron chi connectivity index (χ2n) is 4.15. The molecule has 2 aliphatic rings. The highest BCUT2D eigenvalue weighted by atomic mass is 16.2. The molecule has 1 aromatic rings. The van der Waals surface area contributed by atoms with Crippen LogP contribution in [-0.2, 0) is 5.41 Å². The molecule has 78 valence electrons. The number of carbonyl (C=O) groups is 2. The molecular weight excluding hydrogens is 196 g/mol. The Morgan fingerprint density at radius 3 is 2.80 bits per heavy atom. The number of fused-ring (bicyclic) bond motifs is 2. The Balaban J connectivity index is 2.23. The van der Waals surface area contributed by atoms with Gasteiger partial charge in [0.25, 0.3) is 11.8 Å². The number of carbonyl (C=O) groups excluding carboxylic acids is 2. The van der Waals surface area contributed by atoms with Gasteiger partial charge in [-0.05, 0) is 12.8 Å². The molecular formula is C9H10N4O2. The minimum absolute atomic E-state index is 0.0827. The summed E-state index contributed by atoms with van der Waals surface area (Å²) >= 11 is 0. The van der Waals surface area contributed by atoms with Crippen LogP contribution in [0.5, 0.6) is 0 Å². The Hall–Kier alpha value is -1.85. The minimum atomic E-state index is -0.575. The molecule has 4 N–H and O–H groups in total. The van der Waals surface area contributed by atoms with Gasteiger partial charge in [-0.1, -0.05) is 0 Å². The van der Waals surface area contributed by atoms with Crippen molar-refractivity contribution in [2.75, 3.05) is 6.54 Å². The SMILES string of the molecule is NC(=O)c1n[nH]c2c1C1(CC1)CNC2=O. The lowest BCUT2D eigenvalue weighted by Gasteiger charge is -2.22. The summed E-state index contributed by atoms with van der Waals surface area (Å²) in [5.74, 6) is -0.781. The van der Waals surface area contributed by atoms with Gasteiger partial charge in [-0.25, -0.2) is 0 Å². The van der Waals surface area contributed by atoms with Crippen LogP contribution in [0.1, 0.15) is 39.4 Å². The van der Waals surface area contributed by atoms with Crippen molar-refractivity contribution >= 4 is 11.8 Å². The first-order valence-corrected chi connectivity index (χ1v) is 4.81. The molecule has 2 heterocycles. The number of aromatic amines is 1. The molecule has 3 rings (SSSR count). The first-order valence-electron chi connectivity index (χ1n) is 4.81. The Morgan fingerprint density at radius 1 is 1.47 bits per heavy atom. The van der Waals surface area contributed by atoms with Gasteiger partial charge in [0, 0.05) is 17.5 Å². The van der Waals surface area contributed by atoms with Crippen molar-refractivity contribution in [3.63, 3.8) is 0 Å². The van der Waals surface area contributed by atoms with E-state index in [1.165, 1.54) is 0 Å². The van der Waals surface area contributed by atoms with Crippen LogP contribution >= 0.6 is 0 Å². The van der Waals surface area contributed by atoms with Crippen molar-refractivity contribution in [3.8, 4) is 0 Å². The zero-order valence-corrected chi connectivity index (χ0v) is 7.96. The number of aromatic nitrogens is 2. The predicted octanol–water partition coefficient (Wildman–Crippen LogP) is -0.716. The van der Waals surface area contributed by atoms with Crippen molar-refractivity contribution in [1.29, 1.82) is 0 Å². The van der Waals surface area contributed by atoms with E-state index in [2.05, 4.69) is 15.5 Å². The highest BCUT2D eigenvalue weighted by molar-refractivity contribution is 6.01. The molecule has 2 amide bonds. The van der Waals surface area contributed by atoms with Crippen LogP contribution in [0.15, 0.2) is 0 Å². The van der Waals surface area contributed by atoms with Gasteiger partial charge in [0.2, 0.25) is 0 Å². The molecule has 1 aliphatic heterocycles. The molecule has 15 heavy (non-hydrogen) atoms. The first kappa shape index (κ1) is 8.46. The Labute approximate surface area is 85.2 Å². The lowest BCUT2D eigenvalue weighted by molar-refractivity contribution is 0.0932. The molecule has 1 saturated carbocycles. The quantitative estimate of drug-likeness (QED) is 0.565. The number of amides is 2. The summed E-state index contributed by atoms with van der Waals surface area (Å²) < 4.78 is 0. The van der Waals surface area contributed by atoms with Crippen LogP contribution in [-0.4, -0.2) is 28.6 Å². The maximum absolute atomic E-state index is 11.5. The second-order valence-corrected chi connectivity index (χ2v) is 4.15. The van der Waals surface area contributed by atoms with Crippen LogP contribution < -0.4 is 11.1 Å². The molecule has 1 aliphatic carbocycles. The van der Waals surface area contributed by atoms with Gasteiger partial charge in [-0.15, -0.1) is 0 Å². The fourth-order valence-electron chi connectivity index (χ4n) is 2.20. The van der Waals surface area contributed by atoms with E-state index >= 15 is 0 Å². The van der Waals surface area contributed by atoms with Crippen molar-refractivity contribution in [1.82, 2.24) is 15.5 Å². The molecule has 0 saturated heterocycles. The summed E-state index contributed by atoms with van der Waals surface area (Å²) in [5, 5.41) is 9.19. The number of nitrogens with one attached hydrogen (secondary N) is 2. The summed E-state index contributed by atoms with van der Waals surface area (Å²) in [6.45, 7) is 0.582. The minimum Gasteiger partial charge on any atom is -0.364 e. The number of rotatable bonds is 1. The number of nitrogens with zero attached hydrogens (tertiary/aromatic N) is 1. The number of primary amides is 1. The van der Waals surface area contributed by atoms with Crippen LogP contribution in [0.25, 0.3) is 0 Å². The zero-order valence-electron chi connectivity index (χ0n) is 7.96. The number of hydrogen-bond donors (Lipinski definition) is 3. The van der Waals surface area contributed by atoms with E-state index in [1.807, 2.05) is 0 Å². The molecule has 6 heteroatoms. The van der Waals surface area contributed by atoms with Crippen LogP contribution in [0.3, 0.4) is 0 Å². The van der Waals surface area contributed by atoms with Crippen molar-refractivity contribution in [2.45, 2.75) is 18.3 Å². The highest BCUT2D eigenvalue weighted by Crippen LogP contribution is 2.51. The molecule has 0 aromatic carbocycles. The van der Waals surface area contributed by atoms with Crippen molar-refractivity contribution < 1.29 is 9.59 Å². The van der Waals surface area contributed by atoms with Crippen LogP contribution in [0.2, 0.25) is 0 Å². The van der Waals surface area contributed by atoms with Crippen molar-refractivity contribution in [3.05, 3.63) is 17.0 Å². The van der Waals surface area contributed by atoms with Gasteiger partial charge in [0.15, 0.2) is 5.69 Å². The molecule has 1 aromatic heterocycles. The summed E-state index contributed by atoms with van der Waals surface area (Å²) in [5.41, 5.74) is 6.48. The third kappa shape index (κ3) is 0.958. The summed E-state index contributed by atoms with van der Waals surface area (Å²) in [7, 11) is 0. The third-order valence-electron chi connectivity index (χ3n) is 3.20. The van der Waals surface area contributed by atoms with E-state index in [-0.39, 0.29) is 17.0 Å². The third-order valence-corrected chi connectivity index (χ3v) is 3.20. The molecule has 1 spiro atoms. The molecule has 0 radical (unpaired) electrons. The lowest BCUT2D eigenvalue weighted by atomic mass is 9.90. The number of H-pyrrole nitrogens is 1. The van der Waals surface area contributed by atoms with E-state index in [0.717, 1.165) is 18.4 Å². The largest absolute Gasteiger partial charge is 0.364 e. The molecule has 0 atom stereocenters. The normalized spacial score (nSPS) is 20.9. The fraction of sp³-hybridized carbons (Fsp3) is 0.444. The van der Waals surface area contributed by atoms with E-state index < -0.39 is 5.91 Å². The van der Waals surface area contributed by atoms with Crippen molar-refractivity contribution in [2.24, 2.45) is 5.73 Å². The predicted molar refractivity (Wildman–Crippen MR) is 50.4 cm³/mol. The van der Waals surface area contributed by atoms with Gasteiger partial charge in [0.1, 0.15) is 5.69 Å². The topological polar surface area (TPSA) is 101 Å². The second kappa shape index (κ2) is 2.39. The lowest BCUT2D eigenvalue weighted by Crippen LogP contribution is -2.40. The maximum Gasteiger partial charge on any atom is 0.269 e. The Bertz CT molecular complexity index is 459. The van der Waals surface area contributed by atoms with Crippen LogP contribution in [0.4, 0.5) is 0 Å². The molecule has 0 unspecified atom stereocenters. The summed E-state index contributed by atoms with van der Waals surface area (Å²) in [6.07, 6.45) is 1.94. The summed E-state index contributed by atoms with van der Waals surface area (Å²) in [4.78, 5) is 22.7. The van der Waals surface area contributed by atoms with Gasteiger partial charge < -0.3 is 11.1 Å². The smallest absolute Gasteiger partial charge is 0.269 e. The number of hydrogen-bond acceptors (Lipinski definition) is 3. The van der Waals surface area contributed by atoms with Gasteiger partial charge in [-0.3, -0.25) is 14.7 Å². The highest BCUT2D eigenvalue weighted by Gasteiger charge is 2.52. The standard InChI is InChI=1S/C9H10N4O2/c10-7(14)5-4-6(13-12-5)8(15)11-3-9(4)1-2-9/h1-3H2,(H2,10,14)(H,11,15)(H,12,13). The van der Waals surface area contributed by atoms with E-state index in [0.29, 0.717) is 12.2 Å². The molecule has 6 nitrogen and oxygen atoms in total. The average molecular weight is 206 g/mol. The fourth-order valence-corrected chi connectivity index (χ4v) is 2.20. The number of nitrogens with two attached hydrogens (primary N) is 1. The Morgan fingerprint density at radius 2 is 2.20 bits per heavy atom. The molecule has 0 bridgehead atoms. The van der Waals surface area contributed by atoms with Gasteiger partial charge in [-0.2, -0.15) is 5.10 Å². The van der Waals surface area contributed by atoms with Crippen LogP contribution in [0, 0.1) is 0 Å². The molecule has 1 fully saturated rings. The van der Waals surface area contributed by atoms with E-state index in [9.17, 15) is 9.59 Å². The summed E-state index contributed by atoms with van der Waals surface area (Å²) in [6, 6.07) is 0. The average Bonchev–Trinajstić information content (AvgIpc) is 2.80. The van der Waals surface area contributed by atoms with E-state index in [4.69, 9.17) is 5.73 Å². The Kier molecular flexibility index (Phi) is 1.35. The zero-order chi connectivity index (χ0) is 10.6.